The second-order valence-corrected chi connectivity index (χ2v) is 7.54. The number of morpholine rings is 1. The molecule has 0 atom stereocenters. The van der Waals surface area contributed by atoms with Gasteiger partial charge >= 0.3 is 0 Å². The SMILES string of the molecule is C1CCC(N2CCC(c3nc(CN4CCOCC4)no3)CC2)CC1. The van der Waals surface area contributed by atoms with Gasteiger partial charge in [0, 0.05) is 25.0 Å². The number of likely N-dealkylation sites (tertiary alicyclic amines) is 1. The second kappa shape index (κ2) is 7.93. The average molecular weight is 334 g/mol. The van der Waals surface area contributed by atoms with Crippen LogP contribution in [-0.4, -0.2) is 65.4 Å². The molecule has 0 aromatic carbocycles. The summed E-state index contributed by atoms with van der Waals surface area (Å²) in [4.78, 5) is 9.73. The minimum atomic E-state index is 0.454. The standard InChI is InChI=1S/C18H30N4O2/c1-2-4-16(5-3-1)22-8-6-15(7-9-22)18-19-17(20-24-18)14-21-10-12-23-13-11-21/h15-16H,1-14H2. The highest BCUT2D eigenvalue weighted by atomic mass is 16.5. The summed E-state index contributed by atoms with van der Waals surface area (Å²) in [6.45, 7) is 6.71. The van der Waals surface area contributed by atoms with Crippen LogP contribution in [0.2, 0.25) is 0 Å². The summed E-state index contributed by atoms with van der Waals surface area (Å²) in [5.41, 5.74) is 0. The molecule has 1 aromatic rings. The lowest BCUT2D eigenvalue weighted by molar-refractivity contribution is 0.0327. The summed E-state index contributed by atoms with van der Waals surface area (Å²) in [5, 5.41) is 4.21. The monoisotopic (exact) mass is 334 g/mol. The van der Waals surface area contributed by atoms with Crippen molar-refractivity contribution in [2.75, 3.05) is 39.4 Å². The molecule has 1 aliphatic carbocycles. The van der Waals surface area contributed by atoms with Crippen LogP contribution in [-0.2, 0) is 11.3 Å². The molecule has 2 aliphatic heterocycles. The van der Waals surface area contributed by atoms with Gasteiger partial charge in [-0.2, -0.15) is 4.98 Å². The van der Waals surface area contributed by atoms with E-state index >= 15 is 0 Å². The molecule has 6 nitrogen and oxygen atoms in total. The number of piperidine rings is 1. The van der Waals surface area contributed by atoms with E-state index in [4.69, 9.17) is 9.26 Å². The highest BCUT2D eigenvalue weighted by Gasteiger charge is 2.29. The van der Waals surface area contributed by atoms with Crippen molar-refractivity contribution in [3.63, 3.8) is 0 Å². The van der Waals surface area contributed by atoms with Crippen LogP contribution in [0.25, 0.3) is 0 Å². The molecule has 0 unspecified atom stereocenters. The predicted molar refractivity (Wildman–Crippen MR) is 90.8 cm³/mol. The molecular weight excluding hydrogens is 304 g/mol. The first-order valence-corrected chi connectivity index (χ1v) is 9.75. The molecule has 6 heteroatoms. The average Bonchev–Trinajstić information content (AvgIpc) is 3.12. The van der Waals surface area contributed by atoms with Gasteiger partial charge in [-0.05, 0) is 38.8 Å². The Balaban J connectivity index is 1.27. The lowest BCUT2D eigenvalue weighted by atomic mass is 9.90. The van der Waals surface area contributed by atoms with Crippen molar-refractivity contribution in [3.8, 4) is 0 Å². The first-order chi connectivity index (χ1) is 11.9. The molecule has 3 fully saturated rings. The number of nitrogens with zero attached hydrogens (tertiary/aromatic N) is 4. The minimum Gasteiger partial charge on any atom is -0.379 e. The zero-order valence-corrected chi connectivity index (χ0v) is 14.7. The Hall–Kier alpha value is -0.980. The molecule has 0 radical (unpaired) electrons. The van der Waals surface area contributed by atoms with Gasteiger partial charge in [0.2, 0.25) is 5.89 Å². The summed E-state index contributed by atoms with van der Waals surface area (Å²) in [6, 6.07) is 0.833. The molecular formula is C18H30N4O2. The Morgan fingerprint density at radius 2 is 1.67 bits per heavy atom. The third kappa shape index (κ3) is 3.98. The lowest BCUT2D eigenvalue weighted by Gasteiger charge is -2.38. The number of ether oxygens (including phenoxy) is 1. The molecule has 3 aliphatic rings. The quantitative estimate of drug-likeness (QED) is 0.843. The third-order valence-electron chi connectivity index (χ3n) is 5.92. The van der Waals surface area contributed by atoms with Gasteiger partial charge in [0.05, 0.1) is 19.8 Å². The van der Waals surface area contributed by atoms with E-state index in [1.54, 1.807) is 0 Å². The zero-order valence-electron chi connectivity index (χ0n) is 14.7. The van der Waals surface area contributed by atoms with Gasteiger partial charge in [0.15, 0.2) is 5.82 Å². The van der Waals surface area contributed by atoms with Gasteiger partial charge in [-0.3, -0.25) is 4.90 Å². The Labute approximate surface area is 144 Å². The maximum absolute atomic E-state index is 5.59. The van der Waals surface area contributed by atoms with Crippen molar-refractivity contribution >= 4 is 0 Å². The van der Waals surface area contributed by atoms with Crippen LogP contribution in [0.4, 0.5) is 0 Å². The highest BCUT2D eigenvalue weighted by molar-refractivity contribution is 4.97. The fourth-order valence-corrected chi connectivity index (χ4v) is 4.41. The van der Waals surface area contributed by atoms with E-state index in [2.05, 4.69) is 19.9 Å². The fraction of sp³-hybridized carbons (Fsp3) is 0.889. The van der Waals surface area contributed by atoms with E-state index in [1.807, 2.05) is 0 Å². The summed E-state index contributed by atoms with van der Waals surface area (Å²) in [5.74, 6) is 2.15. The van der Waals surface area contributed by atoms with Crippen LogP contribution < -0.4 is 0 Å². The first kappa shape index (κ1) is 16.5. The van der Waals surface area contributed by atoms with Gasteiger partial charge in [0.25, 0.3) is 0 Å². The third-order valence-corrected chi connectivity index (χ3v) is 5.92. The van der Waals surface area contributed by atoms with Crippen LogP contribution in [0.5, 0.6) is 0 Å². The first-order valence-electron chi connectivity index (χ1n) is 9.75. The Kier molecular flexibility index (Phi) is 5.45. The van der Waals surface area contributed by atoms with Gasteiger partial charge in [-0.15, -0.1) is 0 Å². The van der Waals surface area contributed by atoms with E-state index < -0.39 is 0 Å². The molecule has 1 aromatic heterocycles. The van der Waals surface area contributed by atoms with E-state index in [-0.39, 0.29) is 0 Å². The van der Waals surface area contributed by atoms with Crippen LogP contribution in [0.15, 0.2) is 4.52 Å². The summed E-state index contributed by atoms with van der Waals surface area (Å²) < 4.78 is 11.0. The molecule has 0 amide bonds. The van der Waals surface area contributed by atoms with Gasteiger partial charge in [0.1, 0.15) is 0 Å². The molecule has 0 bridgehead atoms. The van der Waals surface area contributed by atoms with Gasteiger partial charge in [-0.1, -0.05) is 24.4 Å². The molecule has 3 heterocycles. The van der Waals surface area contributed by atoms with Crippen LogP contribution in [0, 0.1) is 0 Å². The van der Waals surface area contributed by atoms with Crippen LogP contribution >= 0.6 is 0 Å². The normalized spacial score (nSPS) is 26.0. The van der Waals surface area contributed by atoms with Gasteiger partial charge in [-0.25, -0.2) is 0 Å². The molecule has 2 saturated heterocycles. The summed E-state index contributed by atoms with van der Waals surface area (Å²) >= 11 is 0. The van der Waals surface area contributed by atoms with Crippen molar-refractivity contribution in [3.05, 3.63) is 11.7 Å². The number of aromatic nitrogens is 2. The van der Waals surface area contributed by atoms with E-state index in [9.17, 15) is 0 Å². The molecule has 1 saturated carbocycles. The topological polar surface area (TPSA) is 54.6 Å². The summed E-state index contributed by atoms with van der Waals surface area (Å²) in [7, 11) is 0. The van der Waals surface area contributed by atoms with Crippen LogP contribution in [0.1, 0.15) is 62.6 Å². The minimum absolute atomic E-state index is 0.454. The maximum atomic E-state index is 5.59. The van der Waals surface area contributed by atoms with Crippen molar-refractivity contribution < 1.29 is 9.26 Å². The molecule has 134 valence electrons. The Morgan fingerprint density at radius 1 is 0.917 bits per heavy atom. The van der Waals surface area contributed by atoms with Gasteiger partial charge < -0.3 is 14.2 Å². The molecule has 0 spiro atoms. The highest BCUT2D eigenvalue weighted by Crippen LogP contribution is 2.31. The predicted octanol–water partition coefficient (Wildman–Crippen LogP) is 2.41. The lowest BCUT2D eigenvalue weighted by Crippen LogP contribution is -2.41. The largest absolute Gasteiger partial charge is 0.379 e. The fourth-order valence-electron chi connectivity index (χ4n) is 4.41. The van der Waals surface area contributed by atoms with E-state index in [0.717, 1.165) is 63.4 Å². The Bertz CT molecular complexity index is 501. The van der Waals surface area contributed by atoms with Crippen LogP contribution in [0.3, 0.4) is 0 Å². The van der Waals surface area contributed by atoms with Crippen molar-refractivity contribution in [1.29, 1.82) is 0 Å². The summed E-state index contributed by atoms with van der Waals surface area (Å²) in [6.07, 6.45) is 9.38. The van der Waals surface area contributed by atoms with Crippen molar-refractivity contribution in [2.24, 2.45) is 0 Å². The number of rotatable bonds is 4. The zero-order chi connectivity index (χ0) is 16.2. The second-order valence-electron chi connectivity index (χ2n) is 7.54. The number of hydrogen-bond donors (Lipinski definition) is 0. The van der Waals surface area contributed by atoms with E-state index in [0.29, 0.717) is 5.92 Å². The van der Waals surface area contributed by atoms with Crippen molar-refractivity contribution in [2.45, 2.75) is 63.5 Å². The molecule has 24 heavy (non-hydrogen) atoms. The number of hydrogen-bond acceptors (Lipinski definition) is 6. The maximum Gasteiger partial charge on any atom is 0.229 e. The smallest absolute Gasteiger partial charge is 0.229 e. The van der Waals surface area contributed by atoms with E-state index in [1.165, 1.54) is 45.2 Å². The Morgan fingerprint density at radius 3 is 2.42 bits per heavy atom. The molecule has 4 rings (SSSR count). The van der Waals surface area contributed by atoms with Crippen molar-refractivity contribution in [1.82, 2.24) is 19.9 Å². The molecule has 0 N–H and O–H groups in total.